The number of anilines is 2. The van der Waals surface area contributed by atoms with Crippen LogP contribution in [-0.4, -0.2) is 19.4 Å². The number of nitrogens with zero attached hydrogens (tertiary/aromatic N) is 2. The summed E-state index contributed by atoms with van der Waals surface area (Å²) >= 11 is 0. The third-order valence-corrected chi connectivity index (χ3v) is 5.50. The number of rotatable bonds is 3. The van der Waals surface area contributed by atoms with E-state index in [4.69, 9.17) is 5.84 Å². The standard InChI is InChI=1S/C14H16N4O2S/c1-10-8-11-4-2-3-5-13(11)18(10)21(19,20)12-6-7-14(17-15)16-9-12/h2-7,9-10H,8,15H2,1H3,(H,16,17). The molecule has 0 radical (unpaired) electrons. The monoisotopic (exact) mass is 304 g/mol. The van der Waals surface area contributed by atoms with E-state index in [2.05, 4.69) is 10.4 Å². The maximum Gasteiger partial charge on any atom is 0.266 e. The predicted molar refractivity (Wildman–Crippen MR) is 81.3 cm³/mol. The lowest BCUT2D eigenvalue weighted by Gasteiger charge is -2.24. The molecule has 1 aromatic heterocycles. The first-order valence-corrected chi connectivity index (χ1v) is 8.03. The van der Waals surface area contributed by atoms with Crippen LogP contribution >= 0.6 is 0 Å². The van der Waals surface area contributed by atoms with Gasteiger partial charge in [0.2, 0.25) is 0 Å². The molecule has 0 fully saturated rings. The van der Waals surface area contributed by atoms with Gasteiger partial charge in [-0.05, 0) is 37.1 Å². The molecular weight excluding hydrogens is 288 g/mol. The molecule has 3 rings (SSSR count). The molecular formula is C14H16N4O2S. The summed E-state index contributed by atoms with van der Waals surface area (Å²) in [6, 6.07) is 10.5. The van der Waals surface area contributed by atoms with E-state index in [1.807, 2.05) is 31.2 Å². The van der Waals surface area contributed by atoms with Crippen LogP contribution < -0.4 is 15.6 Å². The second kappa shape index (κ2) is 5.01. The van der Waals surface area contributed by atoms with Gasteiger partial charge in [0.15, 0.2) is 0 Å². The average molecular weight is 304 g/mol. The van der Waals surface area contributed by atoms with E-state index in [1.165, 1.54) is 16.6 Å². The van der Waals surface area contributed by atoms with Gasteiger partial charge in [-0.15, -0.1) is 0 Å². The van der Waals surface area contributed by atoms with Gasteiger partial charge < -0.3 is 5.43 Å². The first-order chi connectivity index (χ1) is 10.0. The predicted octanol–water partition coefficient (Wildman–Crippen LogP) is 1.51. The summed E-state index contributed by atoms with van der Waals surface area (Å²) in [6.45, 7) is 1.90. The van der Waals surface area contributed by atoms with Crippen molar-refractivity contribution in [2.45, 2.75) is 24.3 Å². The van der Waals surface area contributed by atoms with Gasteiger partial charge in [0.1, 0.15) is 10.7 Å². The van der Waals surface area contributed by atoms with Gasteiger partial charge in [-0.3, -0.25) is 4.31 Å². The summed E-state index contributed by atoms with van der Waals surface area (Å²) in [4.78, 5) is 4.13. The molecule has 0 aliphatic carbocycles. The van der Waals surface area contributed by atoms with E-state index >= 15 is 0 Å². The molecule has 110 valence electrons. The normalized spacial score (nSPS) is 17.6. The molecule has 0 saturated heterocycles. The first-order valence-electron chi connectivity index (χ1n) is 6.59. The number of sulfonamides is 1. The number of nitrogens with one attached hydrogen (secondary N) is 1. The second-order valence-electron chi connectivity index (χ2n) is 5.01. The lowest BCUT2D eigenvalue weighted by molar-refractivity contribution is 0.584. The number of nitrogen functional groups attached to an aromatic ring is 1. The maximum atomic E-state index is 12.8. The highest BCUT2D eigenvalue weighted by molar-refractivity contribution is 7.92. The smallest absolute Gasteiger partial charge is 0.266 e. The van der Waals surface area contributed by atoms with Crippen molar-refractivity contribution in [3.05, 3.63) is 48.2 Å². The van der Waals surface area contributed by atoms with E-state index in [0.717, 1.165) is 11.3 Å². The van der Waals surface area contributed by atoms with Crippen molar-refractivity contribution in [3.8, 4) is 0 Å². The highest BCUT2D eigenvalue weighted by atomic mass is 32.2. The SMILES string of the molecule is CC1Cc2ccccc2N1S(=O)(=O)c1ccc(NN)nc1. The number of hydrogen-bond donors (Lipinski definition) is 2. The van der Waals surface area contributed by atoms with Crippen LogP contribution in [0.2, 0.25) is 0 Å². The summed E-state index contributed by atoms with van der Waals surface area (Å²) in [7, 11) is -3.62. The Morgan fingerprint density at radius 3 is 2.71 bits per heavy atom. The lowest BCUT2D eigenvalue weighted by Crippen LogP contribution is -2.35. The van der Waals surface area contributed by atoms with Crippen molar-refractivity contribution in [2.24, 2.45) is 5.84 Å². The molecule has 6 nitrogen and oxygen atoms in total. The van der Waals surface area contributed by atoms with Crippen molar-refractivity contribution < 1.29 is 8.42 Å². The Labute approximate surface area is 123 Å². The van der Waals surface area contributed by atoms with Crippen LogP contribution in [0.5, 0.6) is 0 Å². The van der Waals surface area contributed by atoms with E-state index < -0.39 is 10.0 Å². The number of hydrogen-bond acceptors (Lipinski definition) is 5. The molecule has 2 heterocycles. The topological polar surface area (TPSA) is 88.3 Å². The molecule has 1 aliphatic heterocycles. The van der Waals surface area contributed by atoms with Crippen LogP contribution in [0.15, 0.2) is 47.5 Å². The van der Waals surface area contributed by atoms with Gasteiger partial charge in [-0.1, -0.05) is 18.2 Å². The zero-order chi connectivity index (χ0) is 15.0. The number of fused-ring (bicyclic) bond motifs is 1. The largest absolute Gasteiger partial charge is 0.308 e. The fraction of sp³-hybridized carbons (Fsp3) is 0.214. The third kappa shape index (κ3) is 2.24. The van der Waals surface area contributed by atoms with Crippen LogP contribution in [0.4, 0.5) is 11.5 Å². The quantitative estimate of drug-likeness (QED) is 0.663. The van der Waals surface area contributed by atoms with E-state index in [0.29, 0.717) is 12.2 Å². The molecule has 0 bridgehead atoms. The first kappa shape index (κ1) is 13.8. The van der Waals surface area contributed by atoms with Crippen molar-refractivity contribution in [1.82, 2.24) is 4.98 Å². The number of aromatic nitrogens is 1. The molecule has 1 aliphatic rings. The summed E-state index contributed by atoms with van der Waals surface area (Å²) in [5.41, 5.74) is 4.17. The number of benzene rings is 1. The Balaban J connectivity index is 2.05. The van der Waals surface area contributed by atoms with Crippen LogP contribution in [-0.2, 0) is 16.4 Å². The Bertz CT molecular complexity index is 759. The molecule has 0 spiro atoms. The van der Waals surface area contributed by atoms with Crippen molar-refractivity contribution >= 4 is 21.5 Å². The van der Waals surface area contributed by atoms with Crippen LogP contribution in [0, 0.1) is 0 Å². The fourth-order valence-electron chi connectivity index (χ4n) is 2.64. The molecule has 3 N–H and O–H groups in total. The summed E-state index contributed by atoms with van der Waals surface area (Å²) < 4.78 is 27.2. The minimum atomic E-state index is -3.62. The van der Waals surface area contributed by atoms with Gasteiger partial charge in [0.05, 0.1) is 5.69 Å². The molecule has 0 saturated carbocycles. The minimum Gasteiger partial charge on any atom is -0.308 e. The Kier molecular flexibility index (Phi) is 3.30. The lowest BCUT2D eigenvalue weighted by atomic mass is 10.1. The molecule has 7 heteroatoms. The van der Waals surface area contributed by atoms with Gasteiger partial charge in [0, 0.05) is 12.2 Å². The summed E-state index contributed by atoms with van der Waals surface area (Å²) in [6.07, 6.45) is 2.03. The molecule has 0 amide bonds. The van der Waals surface area contributed by atoms with Crippen molar-refractivity contribution in [3.63, 3.8) is 0 Å². The third-order valence-electron chi connectivity index (χ3n) is 3.59. The second-order valence-corrected chi connectivity index (χ2v) is 6.82. The van der Waals surface area contributed by atoms with E-state index in [9.17, 15) is 8.42 Å². The Morgan fingerprint density at radius 1 is 1.29 bits per heavy atom. The molecule has 2 aromatic rings. The van der Waals surface area contributed by atoms with Gasteiger partial charge >= 0.3 is 0 Å². The van der Waals surface area contributed by atoms with Crippen molar-refractivity contribution in [2.75, 3.05) is 9.73 Å². The van der Waals surface area contributed by atoms with Gasteiger partial charge in [-0.25, -0.2) is 19.2 Å². The highest BCUT2D eigenvalue weighted by Gasteiger charge is 2.35. The maximum absolute atomic E-state index is 12.8. The van der Waals surface area contributed by atoms with Gasteiger partial charge in [0.25, 0.3) is 10.0 Å². The van der Waals surface area contributed by atoms with E-state index in [1.54, 1.807) is 6.07 Å². The van der Waals surface area contributed by atoms with Crippen LogP contribution in [0.25, 0.3) is 0 Å². The minimum absolute atomic E-state index is 0.111. The molecule has 1 atom stereocenters. The number of hydrazine groups is 1. The van der Waals surface area contributed by atoms with Crippen LogP contribution in [0.1, 0.15) is 12.5 Å². The Morgan fingerprint density at radius 2 is 2.05 bits per heavy atom. The number of para-hydroxylation sites is 1. The molecule has 21 heavy (non-hydrogen) atoms. The molecule has 1 aromatic carbocycles. The van der Waals surface area contributed by atoms with Crippen LogP contribution in [0.3, 0.4) is 0 Å². The number of pyridine rings is 1. The summed E-state index contributed by atoms with van der Waals surface area (Å²) in [5, 5.41) is 0. The van der Waals surface area contributed by atoms with Gasteiger partial charge in [-0.2, -0.15) is 0 Å². The fourth-order valence-corrected chi connectivity index (χ4v) is 4.27. The van der Waals surface area contributed by atoms with E-state index in [-0.39, 0.29) is 10.9 Å². The highest BCUT2D eigenvalue weighted by Crippen LogP contribution is 2.36. The van der Waals surface area contributed by atoms with Crippen molar-refractivity contribution in [1.29, 1.82) is 0 Å². The number of nitrogens with two attached hydrogens (primary N) is 1. The summed E-state index contributed by atoms with van der Waals surface area (Å²) in [5.74, 6) is 5.66. The average Bonchev–Trinajstić information content (AvgIpc) is 2.83. The molecule has 1 unspecified atom stereocenters. The zero-order valence-electron chi connectivity index (χ0n) is 11.5. The zero-order valence-corrected chi connectivity index (χ0v) is 12.3. The Hall–Kier alpha value is -2.12.